The van der Waals surface area contributed by atoms with Crippen LogP contribution in [0, 0.1) is 13.8 Å². The number of hydrogen-bond acceptors (Lipinski definition) is 2. The summed E-state index contributed by atoms with van der Waals surface area (Å²) in [7, 11) is 0. The molecular weight excluding hydrogens is 294 g/mol. The van der Waals surface area contributed by atoms with E-state index >= 15 is 0 Å². The summed E-state index contributed by atoms with van der Waals surface area (Å²) in [6.07, 6.45) is 4.69. The normalized spacial score (nSPS) is 10.7. The number of amides is 1. The number of rotatable bonds is 7. The molecule has 1 aromatic heterocycles. The highest BCUT2D eigenvalue weighted by Gasteiger charge is 2.11. The van der Waals surface area contributed by atoms with Crippen molar-refractivity contribution in [1.29, 1.82) is 0 Å². The zero-order valence-corrected chi connectivity index (χ0v) is 13.0. The zero-order valence-electron chi connectivity index (χ0n) is 11.4. The van der Waals surface area contributed by atoms with Crippen molar-refractivity contribution in [3.8, 4) is 0 Å². The van der Waals surface area contributed by atoms with Gasteiger partial charge in [-0.15, -0.1) is 0 Å². The van der Waals surface area contributed by atoms with Gasteiger partial charge in [-0.3, -0.25) is 9.48 Å². The molecule has 1 rings (SSSR count). The highest BCUT2D eigenvalue weighted by Crippen LogP contribution is 2.19. The predicted octanol–water partition coefficient (Wildman–Crippen LogP) is 2.96. The molecule has 0 unspecified atom stereocenters. The van der Waals surface area contributed by atoms with Crippen LogP contribution in [0.4, 0.5) is 0 Å². The van der Waals surface area contributed by atoms with Gasteiger partial charge in [-0.2, -0.15) is 5.10 Å². The Hall–Kier alpha value is -0.840. The molecule has 0 aromatic carbocycles. The lowest BCUT2D eigenvalue weighted by molar-refractivity contribution is -0.121. The fourth-order valence-electron chi connectivity index (χ4n) is 1.80. The van der Waals surface area contributed by atoms with Gasteiger partial charge in [0.15, 0.2) is 0 Å². The Morgan fingerprint density at radius 1 is 1.33 bits per heavy atom. The third-order valence-electron chi connectivity index (χ3n) is 2.94. The van der Waals surface area contributed by atoms with Gasteiger partial charge in [0.05, 0.1) is 15.9 Å². The molecule has 18 heavy (non-hydrogen) atoms. The van der Waals surface area contributed by atoms with Gasteiger partial charge in [0, 0.05) is 6.54 Å². The average molecular weight is 316 g/mol. The molecule has 0 aliphatic rings. The summed E-state index contributed by atoms with van der Waals surface area (Å²) in [5.74, 6) is 0.0320. The molecule has 0 spiro atoms. The third kappa shape index (κ3) is 4.44. The first-order valence-corrected chi connectivity index (χ1v) is 7.31. The number of aryl methyl sites for hydroxylation is 1. The second-order valence-corrected chi connectivity index (χ2v) is 5.35. The van der Waals surface area contributed by atoms with Crippen molar-refractivity contribution in [2.75, 3.05) is 6.54 Å². The Balaban J connectivity index is 2.33. The number of aromatic nitrogens is 2. The third-order valence-corrected chi connectivity index (χ3v) is 4.09. The van der Waals surface area contributed by atoms with E-state index in [2.05, 4.69) is 33.3 Å². The molecule has 0 fully saturated rings. The molecule has 102 valence electrons. The fraction of sp³-hybridized carbons (Fsp3) is 0.692. The molecule has 1 N–H and O–H groups in total. The van der Waals surface area contributed by atoms with Crippen molar-refractivity contribution in [2.45, 2.75) is 53.0 Å². The van der Waals surface area contributed by atoms with Crippen LogP contribution in [0.3, 0.4) is 0 Å². The van der Waals surface area contributed by atoms with Gasteiger partial charge in [-0.1, -0.05) is 26.2 Å². The number of halogens is 1. The van der Waals surface area contributed by atoms with Crippen LogP contribution >= 0.6 is 15.9 Å². The number of carbonyl (C=O) groups is 1. The largest absolute Gasteiger partial charge is 0.354 e. The van der Waals surface area contributed by atoms with Gasteiger partial charge in [0.1, 0.15) is 6.54 Å². The Bertz CT molecular complexity index is 401. The van der Waals surface area contributed by atoms with Crippen molar-refractivity contribution >= 4 is 21.8 Å². The number of carbonyl (C=O) groups excluding carboxylic acids is 1. The van der Waals surface area contributed by atoms with E-state index in [0.717, 1.165) is 28.8 Å². The Morgan fingerprint density at radius 2 is 2.06 bits per heavy atom. The summed E-state index contributed by atoms with van der Waals surface area (Å²) in [5.41, 5.74) is 1.91. The molecule has 4 nitrogen and oxygen atoms in total. The SMILES string of the molecule is CCCCCCNC(=O)Cn1nc(C)c(Br)c1C. The van der Waals surface area contributed by atoms with Gasteiger partial charge in [0.25, 0.3) is 0 Å². The van der Waals surface area contributed by atoms with Crippen LogP contribution < -0.4 is 5.32 Å². The maximum Gasteiger partial charge on any atom is 0.241 e. The smallest absolute Gasteiger partial charge is 0.241 e. The first-order valence-electron chi connectivity index (χ1n) is 6.52. The first-order chi connectivity index (χ1) is 8.56. The van der Waals surface area contributed by atoms with Crippen LogP contribution in [0.15, 0.2) is 4.47 Å². The van der Waals surface area contributed by atoms with Crippen molar-refractivity contribution < 1.29 is 4.79 Å². The number of unbranched alkanes of at least 4 members (excludes halogenated alkanes) is 3. The molecule has 1 amide bonds. The molecule has 0 saturated carbocycles. The summed E-state index contributed by atoms with van der Waals surface area (Å²) in [5, 5.41) is 7.25. The van der Waals surface area contributed by atoms with Gasteiger partial charge in [-0.25, -0.2) is 0 Å². The van der Waals surface area contributed by atoms with E-state index in [-0.39, 0.29) is 5.91 Å². The van der Waals surface area contributed by atoms with E-state index < -0.39 is 0 Å². The molecular formula is C13H22BrN3O. The summed E-state index contributed by atoms with van der Waals surface area (Å²) in [6, 6.07) is 0. The lowest BCUT2D eigenvalue weighted by Crippen LogP contribution is -2.29. The highest BCUT2D eigenvalue weighted by atomic mass is 79.9. The van der Waals surface area contributed by atoms with Crippen LogP contribution in [0.25, 0.3) is 0 Å². The first kappa shape index (κ1) is 15.2. The summed E-state index contributed by atoms with van der Waals surface area (Å²) in [6.45, 7) is 7.12. The van der Waals surface area contributed by atoms with Gasteiger partial charge in [0.2, 0.25) is 5.91 Å². The van der Waals surface area contributed by atoms with Gasteiger partial charge >= 0.3 is 0 Å². The zero-order chi connectivity index (χ0) is 13.5. The Kier molecular flexibility index (Phi) is 6.39. The Labute approximate surface area is 117 Å². The Morgan fingerprint density at radius 3 is 2.61 bits per heavy atom. The van der Waals surface area contributed by atoms with Crippen LogP contribution in [0.5, 0.6) is 0 Å². The summed E-state index contributed by atoms with van der Waals surface area (Å²) in [4.78, 5) is 11.7. The van der Waals surface area contributed by atoms with E-state index in [1.807, 2.05) is 13.8 Å². The lowest BCUT2D eigenvalue weighted by Gasteiger charge is -2.06. The molecule has 0 atom stereocenters. The summed E-state index contributed by atoms with van der Waals surface area (Å²) >= 11 is 3.46. The van der Waals surface area contributed by atoms with E-state index in [0.29, 0.717) is 6.54 Å². The molecule has 0 bridgehead atoms. The minimum atomic E-state index is 0.0320. The minimum Gasteiger partial charge on any atom is -0.354 e. The molecule has 0 aliphatic heterocycles. The second kappa shape index (κ2) is 7.56. The quantitative estimate of drug-likeness (QED) is 0.786. The second-order valence-electron chi connectivity index (χ2n) is 4.55. The maximum absolute atomic E-state index is 11.7. The molecule has 0 saturated heterocycles. The van der Waals surface area contributed by atoms with E-state index in [1.54, 1.807) is 4.68 Å². The number of nitrogens with zero attached hydrogens (tertiary/aromatic N) is 2. The monoisotopic (exact) mass is 315 g/mol. The maximum atomic E-state index is 11.7. The van der Waals surface area contributed by atoms with Gasteiger partial charge < -0.3 is 5.32 Å². The highest BCUT2D eigenvalue weighted by molar-refractivity contribution is 9.10. The van der Waals surface area contributed by atoms with Crippen LogP contribution in [-0.2, 0) is 11.3 Å². The van der Waals surface area contributed by atoms with Gasteiger partial charge in [-0.05, 0) is 36.2 Å². The average Bonchev–Trinajstić information content (AvgIpc) is 2.57. The number of nitrogens with one attached hydrogen (secondary N) is 1. The summed E-state index contributed by atoms with van der Waals surface area (Å²) < 4.78 is 2.72. The lowest BCUT2D eigenvalue weighted by atomic mass is 10.2. The van der Waals surface area contributed by atoms with Crippen LogP contribution in [-0.4, -0.2) is 22.2 Å². The fourth-order valence-corrected chi connectivity index (χ4v) is 2.08. The molecule has 1 aromatic rings. The van der Waals surface area contributed by atoms with E-state index in [4.69, 9.17) is 0 Å². The number of hydrogen-bond donors (Lipinski definition) is 1. The van der Waals surface area contributed by atoms with E-state index in [1.165, 1.54) is 19.3 Å². The van der Waals surface area contributed by atoms with E-state index in [9.17, 15) is 4.79 Å². The van der Waals surface area contributed by atoms with Crippen LogP contribution in [0.1, 0.15) is 44.0 Å². The van der Waals surface area contributed by atoms with Crippen molar-refractivity contribution in [2.24, 2.45) is 0 Å². The molecule has 0 aliphatic carbocycles. The predicted molar refractivity (Wildman–Crippen MR) is 76.6 cm³/mol. The molecule has 1 heterocycles. The van der Waals surface area contributed by atoms with Crippen molar-refractivity contribution in [1.82, 2.24) is 15.1 Å². The molecule has 5 heteroatoms. The van der Waals surface area contributed by atoms with Crippen molar-refractivity contribution in [3.05, 3.63) is 15.9 Å². The minimum absolute atomic E-state index is 0.0320. The topological polar surface area (TPSA) is 46.9 Å². The van der Waals surface area contributed by atoms with Crippen LogP contribution in [0.2, 0.25) is 0 Å². The van der Waals surface area contributed by atoms with Crippen molar-refractivity contribution in [3.63, 3.8) is 0 Å². The standard InChI is InChI=1S/C13H22BrN3O/c1-4-5-6-7-8-15-12(18)9-17-11(3)13(14)10(2)16-17/h4-9H2,1-3H3,(H,15,18). The molecule has 0 radical (unpaired) electrons.